The van der Waals surface area contributed by atoms with Crippen molar-refractivity contribution in [2.24, 2.45) is 0 Å². The van der Waals surface area contributed by atoms with E-state index in [2.05, 4.69) is 42.0 Å². The molecule has 0 bridgehead atoms. The Morgan fingerprint density at radius 1 is 1.12 bits per heavy atom. The van der Waals surface area contributed by atoms with Crippen molar-refractivity contribution in [1.82, 2.24) is 9.97 Å². The number of aryl methyl sites for hydroxylation is 3. The molecule has 1 aromatic carbocycles. The van der Waals surface area contributed by atoms with E-state index in [-0.39, 0.29) is 0 Å². The summed E-state index contributed by atoms with van der Waals surface area (Å²) in [5, 5.41) is 0. The number of rotatable bonds is 1. The largest absolute Gasteiger partial charge is 0.343 e. The number of hydrogen-bond acceptors (Lipinski definition) is 2. The van der Waals surface area contributed by atoms with Crippen LogP contribution in [0.1, 0.15) is 17.0 Å². The molecule has 1 N–H and O–H groups in total. The van der Waals surface area contributed by atoms with Crippen molar-refractivity contribution in [2.75, 3.05) is 0 Å². The van der Waals surface area contributed by atoms with Crippen molar-refractivity contribution in [3.05, 3.63) is 45.9 Å². The third kappa shape index (κ3) is 2.19. The molecule has 0 radical (unpaired) electrons. The maximum absolute atomic E-state index is 5.12. The van der Waals surface area contributed by atoms with E-state index < -0.39 is 0 Å². The van der Waals surface area contributed by atoms with Crippen molar-refractivity contribution < 1.29 is 0 Å². The quantitative estimate of drug-likeness (QED) is 0.756. The van der Waals surface area contributed by atoms with Gasteiger partial charge >= 0.3 is 0 Å². The summed E-state index contributed by atoms with van der Waals surface area (Å²) in [6.07, 6.45) is 0. The van der Waals surface area contributed by atoms with E-state index >= 15 is 0 Å². The normalized spacial score (nSPS) is 10.4. The Hall–Kier alpha value is -1.48. The minimum absolute atomic E-state index is 0.631. The number of H-pyrrole nitrogens is 1. The summed E-state index contributed by atoms with van der Waals surface area (Å²) in [5.74, 6) is 0.850. The van der Waals surface area contributed by atoms with Crippen molar-refractivity contribution in [1.29, 1.82) is 0 Å². The summed E-state index contributed by atoms with van der Waals surface area (Å²) in [7, 11) is 0. The van der Waals surface area contributed by atoms with E-state index in [1.807, 2.05) is 13.0 Å². The van der Waals surface area contributed by atoms with Gasteiger partial charge in [-0.2, -0.15) is 0 Å². The van der Waals surface area contributed by atoms with Gasteiger partial charge in [-0.05, 0) is 32.4 Å². The van der Waals surface area contributed by atoms with Gasteiger partial charge in [-0.1, -0.05) is 36.0 Å². The second-order valence-corrected chi connectivity index (χ2v) is 4.46. The third-order valence-electron chi connectivity index (χ3n) is 2.53. The lowest BCUT2D eigenvalue weighted by molar-refractivity contribution is 1.04. The highest BCUT2D eigenvalue weighted by atomic mass is 32.1. The van der Waals surface area contributed by atoms with Gasteiger partial charge < -0.3 is 4.98 Å². The highest BCUT2D eigenvalue weighted by molar-refractivity contribution is 7.71. The van der Waals surface area contributed by atoms with Crippen LogP contribution in [-0.2, 0) is 0 Å². The zero-order valence-corrected chi connectivity index (χ0v) is 10.5. The smallest absolute Gasteiger partial charge is 0.130 e. The van der Waals surface area contributed by atoms with Gasteiger partial charge in [0.25, 0.3) is 0 Å². The predicted molar refractivity (Wildman–Crippen MR) is 69.1 cm³/mol. The van der Waals surface area contributed by atoms with Crippen molar-refractivity contribution >= 4 is 12.2 Å². The summed E-state index contributed by atoms with van der Waals surface area (Å²) in [4.78, 5) is 7.41. The van der Waals surface area contributed by atoms with Gasteiger partial charge in [-0.15, -0.1) is 0 Å². The maximum atomic E-state index is 5.12. The summed E-state index contributed by atoms with van der Waals surface area (Å²) < 4.78 is 0.631. The molecule has 0 aliphatic heterocycles. The van der Waals surface area contributed by atoms with Gasteiger partial charge in [0.15, 0.2) is 0 Å². The summed E-state index contributed by atoms with van der Waals surface area (Å²) in [5.41, 5.74) is 4.74. The van der Waals surface area contributed by atoms with E-state index in [1.165, 1.54) is 16.7 Å². The van der Waals surface area contributed by atoms with E-state index in [0.29, 0.717) is 4.64 Å². The summed E-state index contributed by atoms with van der Waals surface area (Å²) in [6, 6.07) is 8.29. The van der Waals surface area contributed by atoms with Crippen LogP contribution in [0, 0.1) is 25.4 Å². The Kier molecular flexibility index (Phi) is 2.88. The van der Waals surface area contributed by atoms with Gasteiger partial charge in [0.2, 0.25) is 0 Å². The number of nitrogens with zero attached hydrogens (tertiary/aromatic N) is 1. The first-order valence-corrected chi connectivity index (χ1v) is 5.62. The van der Waals surface area contributed by atoms with Crippen molar-refractivity contribution in [3.63, 3.8) is 0 Å². The molecule has 0 saturated carbocycles. The molecule has 0 atom stereocenters. The van der Waals surface area contributed by atoms with Gasteiger partial charge in [-0.3, -0.25) is 0 Å². The Labute approximate surface area is 100 Å². The summed E-state index contributed by atoms with van der Waals surface area (Å²) >= 11 is 5.12. The molecule has 0 spiro atoms. The fraction of sp³-hybridized carbons (Fsp3) is 0.231. The van der Waals surface area contributed by atoms with E-state index in [1.54, 1.807) is 0 Å². The molecule has 2 nitrogen and oxygen atoms in total. The van der Waals surface area contributed by atoms with Crippen LogP contribution in [0.5, 0.6) is 0 Å². The Morgan fingerprint density at radius 3 is 2.50 bits per heavy atom. The van der Waals surface area contributed by atoms with Crippen LogP contribution in [-0.4, -0.2) is 9.97 Å². The molecule has 3 heteroatoms. The highest BCUT2D eigenvalue weighted by Gasteiger charge is 2.03. The lowest BCUT2D eigenvalue weighted by Crippen LogP contribution is -1.93. The van der Waals surface area contributed by atoms with Crippen LogP contribution in [0.4, 0.5) is 0 Å². The average Bonchev–Trinajstić information content (AvgIpc) is 2.15. The van der Waals surface area contributed by atoms with Crippen molar-refractivity contribution in [3.8, 4) is 11.3 Å². The molecular weight excluding hydrogens is 216 g/mol. The van der Waals surface area contributed by atoms with E-state index in [0.717, 1.165) is 11.5 Å². The first-order chi connectivity index (χ1) is 7.56. The number of aromatic amines is 1. The van der Waals surface area contributed by atoms with Crippen molar-refractivity contribution in [2.45, 2.75) is 20.8 Å². The Bertz CT molecular complexity index is 585. The number of nitrogens with one attached hydrogen (secondary N) is 1. The van der Waals surface area contributed by atoms with Crippen LogP contribution in [0.3, 0.4) is 0 Å². The Morgan fingerprint density at radius 2 is 1.88 bits per heavy atom. The first kappa shape index (κ1) is 11.0. The molecule has 82 valence electrons. The molecule has 0 unspecified atom stereocenters. The molecule has 0 aliphatic carbocycles. The maximum Gasteiger partial charge on any atom is 0.130 e. The van der Waals surface area contributed by atoms with Crippen LogP contribution in [0.2, 0.25) is 0 Å². The zero-order chi connectivity index (χ0) is 11.7. The second-order valence-electron chi connectivity index (χ2n) is 4.04. The average molecular weight is 230 g/mol. The molecule has 0 saturated heterocycles. The van der Waals surface area contributed by atoms with Crippen LogP contribution < -0.4 is 0 Å². The molecule has 2 aromatic rings. The molecule has 2 rings (SSSR count). The molecule has 1 aromatic heterocycles. The minimum Gasteiger partial charge on any atom is -0.343 e. The van der Waals surface area contributed by atoms with Crippen LogP contribution in [0.25, 0.3) is 11.3 Å². The van der Waals surface area contributed by atoms with E-state index in [4.69, 9.17) is 12.2 Å². The molecule has 16 heavy (non-hydrogen) atoms. The van der Waals surface area contributed by atoms with E-state index in [9.17, 15) is 0 Å². The summed E-state index contributed by atoms with van der Waals surface area (Å²) in [6.45, 7) is 6.12. The first-order valence-electron chi connectivity index (χ1n) is 5.22. The molecular formula is C13H14N2S. The molecule has 0 amide bonds. The lowest BCUT2D eigenvalue weighted by Gasteiger charge is -2.07. The monoisotopic (exact) mass is 230 g/mol. The fourth-order valence-corrected chi connectivity index (χ4v) is 2.10. The standard InChI is InChI=1S/C13H14N2S/c1-8-4-5-11(9(2)6-8)12-7-13(16)15-10(3)14-12/h4-7H,1-3H3,(H,14,15,16). The van der Waals surface area contributed by atoms with Gasteiger partial charge in [0.1, 0.15) is 10.5 Å². The van der Waals surface area contributed by atoms with Gasteiger partial charge in [0.05, 0.1) is 0 Å². The number of aromatic nitrogens is 2. The number of benzene rings is 1. The number of hydrogen-bond donors (Lipinski definition) is 1. The van der Waals surface area contributed by atoms with Crippen LogP contribution in [0.15, 0.2) is 24.3 Å². The van der Waals surface area contributed by atoms with Gasteiger partial charge in [0, 0.05) is 11.3 Å². The minimum atomic E-state index is 0.631. The molecule has 0 fully saturated rings. The SMILES string of the molecule is Cc1ccc(-c2cc(=S)nc(C)[nH]2)c(C)c1. The topological polar surface area (TPSA) is 28.7 Å². The molecule has 1 heterocycles. The van der Waals surface area contributed by atoms with Gasteiger partial charge in [-0.25, -0.2) is 4.98 Å². The predicted octanol–water partition coefficient (Wildman–Crippen LogP) is 3.73. The third-order valence-corrected chi connectivity index (χ3v) is 2.74. The zero-order valence-electron chi connectivity index (χ0n) is 9.66. The Balaban J connectivity index is 2.63. The highest BCUT2D eigenvalue weighted by Crippen LogP contribution is 2.22. The second kappa shape index (κ2) is 4.18. The fourth-order valence-electron chi connectivity index (χ4n) is 1.84. The molecule has 0 aliphatic rings. The lowest BCUT2D eigenvalue weighted by atomic mass is 10.0. The van der Waals surface area contributed by atoms with Crippen LogP contribution >= 0.6 is 12.2 Å².